The van der Waals surface area contributed by atoms with Crippen molar-refractivity contribution in [2.24, 2.45) is 11.7 Å². The number of hydrogen-bond donors (Lipinski definition) is 2. The standard InChI is InChI=1S/C9H12N2O3S/c1-2-4-3-15-8-5(10)7(12)11(8)6(4)9(13)14/h2,4-6,8H,1,3,10H2,(H,13,14)/t4?,5-,6?,8-/m1/s1. The van der Waals surface area contributed by atoms with Crippen LogP contribution in [0, 0.1) is 5.92 Å². The highest BCUT2D eigenvalue weighted by atomic mass is 32.2. The number of carbonyl (C=O) groups excluding carboxylic acids is 1. The van der Waals surface area contributed by atoms with Gasteiger partial charge in [-0.05, 0) is 0 Å². The van der Waals surface area contributed by atoms with Gasteiger partial charge in [0.1, 0.15) is 17.5 Å². The van der Waals surface area contributed by atoms with Gasteiger partial charge in [0.15, 0.2) is 0 Å². The molecular formula is C9H12N2O3S. The van der Waals surface area contributed by atoms with Crippen molar-refractivity contribution < 1.29 is 14.7 Å². The Hall–Kier alpha value is -1.01. The summed E-state index contributed by atoms with van der Waals surface area (Å²) in [6.45, 7) is 3.60. The lowest BCUT2D eigenvalue weighted by Gasteiger charge is -2.52. The Balaban J connectivity index is 2.25. The van der Waals surface area contributed by atoms with E-state index < -0.39 is 18.1 Å². The highest BCUT2D eigenvalue weighted by molar-refractivity contribution is 8.00. The van der Waals surface area contributed by atoms with Crippen molar-refractivity contribution in [1.29, 1.82) is 0 Å². The van der Waals surface area contributed by atoms with Crippen LogP contribution in [0.3, 0.4) is 0 Å². The lowest BCUT2D eigenvalue weighted by Crippen LogP contribution is -2.74. The van der Waals surface area contributed by atoms with Crippen molar-refractivity contribution in [2.75, 3.05) is 5.75 Å². The van der Waals surface area contributed by atoms with E-state index in [2.05, 4.69) is 6.58 Å². The number of carbonyl (C=O) groups is 2. The van der Waals surface area contributed by atoms with Crippen LogP contribution < -0.4 is 5.73 Å². The van der Waals surface area contributed by atoms with E-state index in [1.54, 1.807) is 6.08 Å². The molecule has 0 aromatic carbocycles. The Morgan fingerprint density at radius 3 is 2.93 bits per heavy atom. The first-order valence-corrected chi connectivity index (χ1v) is 5.67. The monoisotopic (exact) mass is 228 g/mol. The molecule has 0 aromatic heterocycles. The van der Waals surface area contributed by atoms with Crippen LogP contribution in [-0.2, 0) is 9.59 Å². The lowest BCUT2D eigenvalue weighted by molar-refractivity contribution is -0.162. The topological polar surface area (TPSA) is 83.6 Å². The van der Waals surface area contributed by atoms with E-state index in [1.165, 1.54) is 16.7 Å². The number of aliphatic carboxylic acids is 1. The third kappa shape index (κ3) is 1.36. The number of nitrogens with zero attached hydrogens (tertiary/aromatic N) is 1. The van der Waals surface area contributed by atoms with E-state index in [0.29, 0.717) is 5.75 Å². The van der Waals surface area contributed by atoms with E-state index in [9.17, 15) is 9.59 Å². The Labute approximate surface area is 91.3 Å². The minimum absolute atomic E-state index is 0.171. The number of hydrogen-bond acceptors (Lipinski definition) is 4. The van der Waals surface area contributed by atoms with Crippen LogP contribution in [-0.4, -0.2) is 45.1 Å². The number of amides is 1. The lowest BCUT2D eigenvalue weighted by atomic mass is 9.94. The number of rotatable bonds is 2. The van der Waals surface area contributed by atoms with Crippen LogP contribution in [0.4, 0.5) is 0 Å². The van der Waals surface area contributed by atoms with Gasteiger partial charge in [-0.25, -0.2) is 4.79 Å². The maximum atomic E-state index is 11.5. The van der Waals surface area contributed by atoms with Crippen LogP contribution in [0.5, 0.6) is 0 Å². The zero-order chi connectivity index (χ0) is 11.2. The van der Waals surface area contributed by atoms with Gasteiger partial charge in [0.2, 0.25) is 5.91 Å². The molecule has 1 amide bonds. The molecule has 15 heavy (non-hydrogen) atoms. The number of nitrogens with two attached hydrogens (primary N) is 1. The van der Waals surface area contributed by atoms with Crippen LogP contribution in [0.1, 0.15) is 0 Å². The van der Waals surface area contributed by atoms with Gasteiger partial charge in [-0.3, -0.25) is 4.79 Å². The van der Waals surface area contributed by atoms with Crippen molar-refractivity contribution in [3.63, 3.8) is 0 Å². The molecule has 4 atom stereocenters. The molecule has 2 saturated heterocycles. The molecule has 2 fully saturated rings. The number of carboxylic acids is 1. The van der Waals surface area contributed by atoms with Crippen LogP contribution in [0.25, 0.3) is 0 Å². The van der Waals surface area contributed by atoms with E-state index in [-0.39, 0.29) is 17.2 Å². The molecule has 2 rings (SSSR count). The van der Waals surface area contributed by atoms with Gasteiger partial charge in [-0.15, -0.1) is 18.3 Å². The van der Waals surface area contributed by atoms with Gasteiger partial charge in [0.25, 0.3) is 0 Å². The maximum absolute atomic E-state index is 11.5. The molecule has 3 N–H and O–H groups in total. The molecule has 0 aliphatic carbocycles. The van der Waals surface area contributed by atoms with E-state index in [1.807, 2.05) is 0 Å². The number of carboxylic acid groups (broad SMARTS) is 1. The Kier molecular flexibility index (Phi) is 2.47. The predicted octanol–water partition coefficient (Wildman–Crippen LogP) is -0.516. The largest absolute Gasteiger partial charge is 0.480 e. The van der Waals surface area contributed by atoms with Crippen molar-refractivity contribution in [1.82, 2.24) is 4.90 Å². The quantitative estimate of drug-likeness (QED) is 0.491. The smallest absolute Gasteiger partial charge is 0.327 e. The average molecular weight is 228 g/mol. The summed E-state index contributed by atoms with van der Waals surface area (Å²) in [4.78, 5) is 23.9. The van der Waals surface area contributed by atoms with Crippen LogP contribution >= 0.6 is 11.8 Å². The van der Waals surface area contributed by atoms with Gasteiger partial charge < -0.3 is 15.7 Å². The normalized spacial score (nSPS) is 39.3. The minimum atomic E-state index is -0.981. The first kappa shape index (κ1) is 10.5. The molecule has 0 aromatic rings. The molecule has 2 aliphatic heterocycles. The highest BCUT2D eigenvalue weighted by Gasteiger charge is 2.55. The Morgan fingerprint density at radius 1 is 1.73 bits per heavy atom. The molecule has 2 unspecified atom stereocenters. The summed E-state index contributed by atoms with van der Waals surface area (Å²) in [6, 6.07) is -1.33. The fourth-order valence-corrected chi connectivity index (χ4v) is 3.45. The zero-order valence-electron chi connectivity index (χ0n) is 8.00. The molecule has 82 valence electrons. The first-order chi connectivity index (χ1) is 7.07. The maximum Gasteiger partial charge on any atom is 0.327 e. The van der Waals surface area contributed by atoms with Crippen molar-refractivity contribution in [3.8, 4) is 0 Å². The minimum Gasteiger partial charge on any atom is -0.480 e. The van der Waals surface area contributed by atoms with Crippen molar-refractivity contribution in [3.05, 3.63) is 12.7 Å². The van der Waals surface area contributed by atoms with Crippen LogP contribution in [0.15, 0.2) is 12.7 Å². The summed E-state index contributed by atoms with van der Waals surface area (Å²) in [6.07, 6.45) is 1.60. The fourth-order valence-electron chi connectivity index (χ4n) is 2.00. The second kappa shape index (κ2) is 3.53. The summed E-state index contributed by atoms with van der Waals surface area (Å²) in [5, 5.41) is 8.90. The second-order valence-electron chi connectivity index (χ2n) is 3.68. The third-order valence-corrected chi connectivity index (χ3v) is 4.28. The predicted molar refractivity (Wildman–Crippen MR) is 56.2 cm³/mol. The van der Waals surface area contributed by atoms with Gasteiger partial charge >= 0.3 is 5.97 Å². The molecule has 0 radical (unpaired) electrons. The SMILES string of the molecule is C=CC1CS[C@@H]2[C@H](N)C(=O)N2C1C(=O)O. The Morgan fingerprint density at radius 2 is 2.40 bits per heavy atom. The van der Waals surface area contributed by atoms with E-state index >= 15 is 0 Å². The average Bonchev–Trinajstić information content (AvgIpc) is 2.25. The summed E-state index contributed by atoms with van der Waals surface area (Å²) >= 11 is 1.52. The van der Waals surface area contributed by atoms with E-state index in [0.717, 1.165) is 0 Å². The van der Waals surface area contributed by atoms with Crippen molar-refractivity contribution in [2.45, 2.75) is 17.5 Å². The van der Waals surface area contributed by atoms with Crippen molar-refractivity contribution >= 4 is 23.6 Å². The first-order valence-electron chi connectivity index (χ1n) is 4.62. The molecule has 6 heteroatoms. The van der Waals surface area contributed by atoms with Gasteiger partial charge in [0.05, 0.1) is 0 Å². The van der Waals surface area contributed by atoms with E-state index in [4.69, 9.17) is 10.8 Å². The van der Waals surface area contributed by atoms with Gasteiger partial charge in [0, 0.05) is 11.7 Å². The molecule has 2 heterocycles. The summed E-state index contributed by atoms with van der Waals surface area (Å²) in [5.74, 6) is -0.792. The Bertz CT molecular complexity index is 333. The van der Waals surface area contributed by atoms with Crippen LogP contribution in [0.2, 0.25) is 0 Å². The third-order valence-electron chi connectivity index (χ3n) is 2.84. The molecule has 0 bridgehead atoms. The highest BCUT2D eigenvalue weighted by Crippen LogP contribution is 2.39. The molecule has 2 aliphatic rings. The zero-order valence-corrected chi connectivity index (χ0v) is 8.81. The summed E-state index contributed by atoms with van der Waals surface area (Å²) in [7, 11) is 0. The molecule has 0 spiro atoms. The number of β-lactam (4-membered cyclic amide) rings is 1. The molecular weight excluding hydrogens is 216 g/mol. The fraction of sp³-hybridized carbons (Fsp3) is 0.556. The summed E-state index contributed by atoms with van der Waals surface area (Å²) < 4.78 is 0. The molecule has 0 saturated carbocycles. The number of thioether (sulfide) groups is 1. The van der Waals surface area contributed by atoms with Gasteiger partial charge in [-0.2, -0.15) is 0 Å². The molecule has 5 nitrogen and oxygen atoms in total. The van der Waals surface area contributed by atoms with Gasteiger partial charge in [-0.1, -0.05) is 6.08 Å². The summed E-state index contributed by atoms with van der Waals surface area (Å²) in [5.41, 5.74) is 5.60. The number of fused-ring (bicyclic) bond motifs is 1. The second-order valence-corrected chi connectivity index (χ2v) is 4.83.